The van der Waals surface area contributed by atoms with Gasteiger partial charge in [0.15, 0.2) is 0 Å². The number of hydrogen-bond donors (Lipinski definition) is 1. The lowest BCUT2D eigenvalue weighted by Gasteiger charge is -2.33. The van der Waals surface area contributed by atoms with Crippen LogP contribution in [0.4, 0.5) is 13.2 Å². The fraction of sp³-hybridized carbons (Fsp3) is 0.421. The fourth-order valence-corrected chi connectivity index (χ4v) is 3.03. The lowest BCUT2D eigenvalue weighted by Crippen LogP contribution is -2.43. The first kappa shape index (κ1) is 19.4. The third kappa shape index (κ3) is 4.90. The van der Waals surface area contributed by atoms with Crippen molar-refractivity contribution in [1.82, 2.24) is 10.2 Å². The lowest BCUT2D eigenvalue weighted by atomic mass is 10.1. The van der Waals surface area contributed by atoms with Crippen LogP contribution in [0.2, 0.25) is 0 Å². The number of rotatable bonds is 5. The van der Waals surface area contributed by atoms with Crippen LogP contribution < -0.4 is 5.32 Å². The molecule has 1 unspecified atom stereocenters. The number of carbonyl (C=O) groups excluding carboxylic acids is 1. The summed E-state index contributed by atoms with van der Waals surface area (Å²) in [4.78, 5) is 14.5. The van der Waals surface area contributed by atoms with E-state index in [1.54, 1.807) is 0 Å². The molecule has 0 spiro atoms. The minimum Gasteiger partial charge on any atom is -0.465 e. The molecule has 3 rings (SSSR count). The number of alkyl halides is 3. The molecule has 1 aromatic carbocycles. The zero-order chi connectivity index (χ0) is 19.4. The van der Waals surface area contributed by atoms with E-state index < -0.39 is 17.6 Å². The van der Waals surface area contributed by atoms with E-state index in [0.29, 0.717) is 26.3 Å². The molecule has 8 heteroatoms. The third-order valence-electron chi connectivity index (χ3n) is 4.51. The maximum Gasteiger partial charge on any atom is 0.416 e. The van der Waals surface area contributed by atoms with Crippen LogP contribution in [0.25, 0.3) is 0 Å². The van der Waals surface area contributed by atoms with E-state index in [-0.39, 0.29) is 18.2 Å². The number of morpholine rings is 1. The maximum absolute atomic E-state index is 12.6. The molecular formula is C19H21F3N2O3. The first-order valence-electron chi connectivity index (χ1n) is 8.68. The maximum atomic E-state index is 12.6. The number of benzene rings is 1. The van der Waals surface area contributed by atoms with Crippen molar-refractivity contribution in [3.8, 4) is 0 Å². The van der Waals surface area contributed by atoms with Gasteiger partial charge in [-0.2, -0.15) is 13.2 Å². The number of ether oxygens (including phenoxy) is 1. The molecule has 2 heterocycles. The smallest absolute Gasteiger partial charge is 0.416 e. The molecule has 1 N–H and O–H groups in total. The summed E-state index contributed by atoms with van der Waals surface area (Å²) in [5, 5.41) is 2.80. The number of carbonyl (C=O) groups is 1. The first-order chi connectivity index (χ1) is 12.8. The number of nitrogens with one attached hydrogen (secondary N) is 1. The highest BCUT2D eigenvalue weighted by molar-refractivity contribution is 5.94. The number of hydrogen-bond acceptors (Lipinski definition) is 4. The Kier molecular flexibility index (Phi) is 5.86. The van der Waals surface area contributed by atoms with Gasteiger partial charge < -0.3 is 14.5 Å². The Morgan fingerprint density at radius 2 is 1.81 bits per heavy atom. The van der Waals surface area contributed by atoms with Gasteiger partial charge in [-0.3, -0.25) is 9.69 Å². The van der Waals surface area contributed by atoms with Crippen molar-refractivity contribution in [2.75, 3.05) is 32.8 Å². The van der Waals surface area contributed by atoms with Gasteiger partial charge in [-0.1, -0.05) is 0 Å². The zero-order valence-corrected chi connectivity index (χ0v) is 14.9. The normalized spacial score (nSPS) is 16.9. The number of amides is 1. The number of furan rings is 1. The van der Waals surface area contributed by atoms with Crippen molar-refractivity contribution in [3.05, 3.63) is 59.0 Å². The first-order valence-corrected chi connectivity index (χ1v) is 8.68. The average Bonchev–Trinajstić information content (AvgIpc) is 3.08. The molecule has 1 aromatic heterocycles. The van der Waals surface area contributed by atoms with E-state index in [0.717, 1.165) is 23.7 Å². The van der Waals surface area contributed by atoms with Crippen LogP contribution in [0.1, 0.15) is 33.5 Å². The fourth-order valence-electron chi connectivity index (χ4n) is 3.03. The molecule has 0 aliphatic carbocycles. The lowest BCUT2D eigenvalue weighted by molar-refractivity contribution is -0.137. The Balaban J connectivity index is 1.68. The molecule has 0 saturated carbocycles. The van der Waals surface area contributed by atoms with Crippen LogP contribution in [-0.2, 0) is 10.9 Å². The molecule has 0 radical (unpaired) electrons. The molecule has 1 aliphatic rings. The average molecular weight is 382 g/mol. The molecule has 0 bridgehead atoms. The van der Waals surface area contributed by atoms with E-state index in [1.165, 1.54) is 12.1 Å². The van der Waals surface area contributed by atoms with Crippen LogP contribution in [0.5, 0.6) is 0 Å². The van der Waals surface area contributed by atoms with E-state index in [9.17, 15) is 18.0 Å². The summed E-state index contributed by atoms with van der Waals surface area (Å²) in [6.07, 6.45) is -4.42. The van der Waals surface area contributed by atoms with Crippen LogP contribution in [0, 0.1) is 6.92 Å². The largest absolute Gasteiger partial charge is 0.465 e. The number of nitrogens with zero attached hydrogens (tertiary/aromatic N) is 1. The highest BCUT2D eigenvalue weighted by atomic mass is 19.4. The second-order valence-electron chi connectivity index (χ2n) is 6.40. The van der Waals surface area contributed by atoms with Gasteiger partial charge in [0.2, 0.25) is 0 Å². The third-order valence-corrected chi connectivity index (χ3v) is 4.51. The van der Waals surface area contributed by atoms with Crippen LogP contribution in [-0.4, -0.2) is 43.7 Å². The number of halogens is 3. The minimum absolute atomic E-state index is 0.166. The van der Waals surface area contributed by atoms with Crippen LogP contribution in [0.15, 0.2) is 40.8 Å². The van der Waals surface area contributed by atoms with Gasteiger partial charge in [-0.25, -0.2) is 0 Å². The molecule has 5 nitrogen and oxygen atoms in total. The summed E-state index contributed by atoms with van der Waals surface area (Å²) < 4.78 is 49.0. The van der Waals surface area contributed by atoms with Crippen molar-refractivity contribution in [2.24, 2.45) is 0 Å². The van der Waals surface area contributed by atoms with Gasteiger partial charge in [-0.15, -0.1) is 0 Å². The SMILES string of the molecule is Cc1ccc(C(CNC(=O)c2ccc(C(F)(F)F)cc2)N2CCOCC2)o1. The Hall–Kier alpha value is -2.32. The van der Waals surface area contributed by atoms with Gasteiger partial charge in [0, 0.05) is 25.2 Å². The summed E-state index contributed by atoms with van der Waals surface area (Å²) in [6, 6.07) is 7.74. The van der Waals surface area contributed by atoms with Crippen molar-refractivity contribution < 1.29 is 27.1 Å². The van der Waals surface area contributed by atoms with Gasteiger partial charge in [0.05, 0.1) is 24.8 Å². The molecule has 146 valence electrons. The minimum atomic E-state index is -4.42. The standard InChI is InChI=1S/C19H21F3N2O3/c1-13-2-7-17(27-13)16(24-8-10-26-11-9-24)12-23-18(25)14-3-5-15(6-4-14)19(20,21)22/h2-7,16H,8-12H2,1H3,(H,23,25). The summed E-state index contributed by atoms with van der Waals surface area (Å²) in [6.45, 7) is 4.75. The Morgan fingerprint density at radius 3 is 2.37 bits per heavy atom. The van der Waals surface area contributed by atoms with E-state index in [1.807, 2.05) is 19.1 Å². The van der Waals surface area contributed by atoms with Crippen LogP contribution in [0.3, 0.4) is 0 Å². The van der Waals surface area contributed by atoms with Gasteiger partial charge in [0.25, 0.3) is 5.91 Å². The molecule has 1 amide bonds. The molecule has 2 aromatic rings. The molecule has 27 heavy (non-hydrogen) atoms. The highest BCUT2D eigenvalue weighted by Gasteiger charge is 2.30. The van der Waals surface area contributed by atoms with Crippen molar-refractivity contribution in [1.29, 1.82) is 0 Å². The molecule has 1 aliphatic heterocycles. The Labute approximate surface area is 155 Å². The predicted molar refractivity (Wildman–Crippen MR) is 92.4 cm³/mol. The monoisotopic (exact) mass is 382 g/mol. The van der Waals surface area contributed by atoms with Gasteiger partial charge >= 0.3 is 6.18 Å². The van der Waals surface area contributed by atoms with Gasteiger partial charge in [0.1, 0.15) is 11.5 Å². The van der Waals surface area contributed by atoms with Crippen LogP contribution >= 0.6 is 0 Å². The molecule has 1 atom stereocenters. The molecular weight excluding hydrogens is 361 g/mol. The summed E-state index contributed by atoms with van der Waals surface area (Å²) in [5.41, 5.74) is -0.601. The van der Waals surface area contributed by atoms with Gasteiger partial charge in [-0.05, 0) is 43.3 Å². The summed E-state index contributed by atoms with van der Waals surface area (Å²) >= 11 is 0. The topological polar surface area (TPSA) is 54.7 Å². The van der Waals surface area contributed by atoms with Crippen molar-refractivity contribution in [2.45, 2.75) is 19.1 Å². The zero-order valence-electron chi connectivity index (χ0n) is 14.9. The summed E-state index contributed by atoms with van der Waals surface area (Å²) in [7, 11) is 0. The number of aryl methyl sites for hydroxylation is 1. The highest BCUT2D eigenvalue weighted by Crippen LogP contribution is 2.29. The van der Waals surface area contributed by atoms with E-state index in [4.69, 9.17) is 9.15 Å². The Bertz CT molecular complexity index is 765. The predicted octanol–water partition coefficient (Wildman–Crippen LogP) is 3.41. The van der Waals surface area contributed by atoms with Crippen molar-refractivity contribution in [3.63, 3.8) is 0 Å². The second kappa shape index (κ2) is 8.14. The quantitative estimate of drug-likeness (QED) is 0.861. The molecule has 1 saturated heterocycles. The Morgan fingerprint density at radius 1 is 1.15 bits per heavy atom. The molecule has 1 fully saturated rings. The second-order valence-corrected chi connectivity index (χ2v) is 6.40. The van der Waals surface area contributed by atoms with E-state index >= 15 is 0 Å². The summed E-state index contributed by atoms with van der Waals surface area (Å²) in [5.74, 6) is 1.09. The van der Waals surface area contributed by atoms with Crippen molar-refractivity contribution >= 4 is 5.91 Å². The van der Waals surface area contributed by atoms with E-state index in [2.05, 4.69) is 10.2 Å².